The number of esters is 1. The van der Waals surface area contributed by atoms with Gasteiger partial charge in [0.2, 0.25) is 0 Å². The van der Waals surface area contributed by atoms with Crippen LogP contribution >= 0.6 is 0 Å². The minimum atomic E-state index is -1.60. The van der Waals surface area contributed by atoms with E-state index >= 15 is 0 Å². The number of aliphatic hydroxyl groups is 5. The first-order chi connectivity index (χ1) is 10.7. The molecular formula is C13H22O10. The van der Waals surface area contributed by atoms with Crippen molar-refractivity contribution in [2.24, 2.45) is 0 Å². The first kappa shape index (κ1) is 18.5. The third kappa shape index (κ3) is 3.98. The van der Waals surface area contributed by atoms with Gasteiger partial charge in [0, 0.05) is 6.92 Å². The lowest BCUT2D eigenvalue weighted by Crippen LogP contribution is -2.62. The Bertz CT molecular complexity index is 418. The molecule has 0 radical (unpaired) electrons. The van der Waals surface area contributed by atoms with E-state index in [1.165, 1.54) is 6.92 Å². The summed E-state index contributed by atoms with van der Waals surface area (Å²) in [5, 5.41) is 49.2. The maximum absolute atomic E-state index is 11.0. The van der Waals surface area contributed by atoms with E-state index in [4.69, 9.17) is 18.9 Å². The lowest BCUT2D eigenvalue weighted by atomic mass is 9.99. The second kappa shape index (κ2) is 7.36. The van der Waals surface area contributed by atoms with Crippen LogP contribution in [-0.4, -0.2) is 93.4 Å². The fourth-order valence-electron chi connectivity index (χ4n) is 2.51. The summed E-state index contributed by atoms with van der Waals surface area (Å²) >= 11 is 0. The number of hydrogen-bond acceptors (Lipinski definition) is 10. The average Bonchev–Trinajstić information content (AvgIpc) is 2.49. The molecule has 0 unspecified atom stereocenters. The minimum absolute atomic E-state index is 0.229. The lowest BCUT2D eigenvalue weighted by molar-refractivity contribution is -0.348. The highest BCUT2D eigenvalue weighted by Crippen LogP contribution is 2.27. The van der Waals surface area contributed by atoms with E-state index in [1.807, 2.05) is 0 Å². The molecule has 2 fully saturated rings. The Labute approximate surface area is 132 Å². The maximum atomic E-state index is 11.0. The van der Waals surface area contributed by atoms with Gasteiger partial charge in [0.05, 0.1) is 12.7 Å². The Balaban J connectivity index is 2.05. The summed E-state index contributed by atoms with van der Waals surface area (Å²) < 4.78 is 20.4. The van der Waals surface area contributed by atoms with Crippen molar-refractivity contribution in [1.29, 1.82) is 0 Å². The van der Waals surface area contributed by atoms with Crippen molar-refractivity contribution < 1.29 is 49.3 Å². The summed E-state index contributed by atoms with van der Waals surface area (Å²) in [4.78, 5) is 11.0. The van der Waals surface area contributed by atoms with Crippen molar-refractivity contribution in [3.05, 3.63) is 0 Å². The van der Waals surface area contributed by atoms with E-state index in [9.17, 15) is 30.3 Å². The summed E-state index contributed by atoms with van der Waals surface area (Å²) in [6, 6.07) is 0. The van der Waals surface area contributed by atoms with Gasteiger partial charge >= 0.3 is 5.97 Å². The molecule has 0 amide bonds. The Kier molecular flexibility index (Phi) is 5.92. The zero-order valence-electron chi connectivity index (χ0n) is 12.7. The number of carbonyl (C=O) groups is 1. The normalized spacial score (nSPS) is 48.0. The number of ether oxygens (including phenoxy) is 4. The van der Waals surface area contributed by atoms with Crippen LogP contribution in [0.4, 0.5) is 0 Å². The minimum Gasteiger partial charge on any atom is -0.457 e. The van der Waals surface area contributed by atoms with Gasteiger partial charge in [-0.25, -0.2) is 0 Å². The standard InChI is InChI=1S/C13H22O10/c1-4-7(15)9(17)10(18)13(21-4)23-11-8(16)6(22-5(2)14)3-20-12(11)19/h4,6-13,15-19H,3H2,1-2H3/t4-,6+,7-,8-,9+,10+,11+,12+,13-/m0/s1. The van der Waals surface area contributed by atoms with E-state index in [1.54, 1.807) is 0 Å². The van der Waals surface area contributed by atoms with E-state index in [2.05, 4.69) is 0 Å². The van der Waals surface area contributed by atoms with Gasteiger partial charge in [-0.1, -0.05) is 0 Å². The number of aliphatic hydroxyl groups excluding tert-OH is 5. The van der Waals surface area contributed by atoms with Crippen LogP contribution in [0.25, 0.3) is 0 Å². The molecule has 134 valence electrons. The monoisotopic (exact) mass is 338 g/mol. The molecule has 2 aliphatic rings. The molecular weight excluding hydrogens is 316 g/mol. The van der Waals surface area contributed by atoms with Crippen LogP contribution in [0.2, 0.25) is 0 Å². The first-order valence-corrected chi connectivity index (χ1v) is 7.22. The van der Waals surface area contributed by atoms with E-state index in [-0.39, 0.29) is 6.61 Å². The molecule has 2 saturated heterocycles. The van der Waals surface area contributed by atoms with E-state index < -0.39 is 61.3 Å². The molecule has 9 atom stereocenters. The van der Waals surface area contributed by atoms with Crippen molar-refractivity contribution in [3.63, 3.8) is 0 Å². The van der Waals surface area contributed by atoms with Gasteiger partial charge < -0.3 is 44.5 Å². The summed E-state index contributed by atoms with van der Waals surface area (Å²) in [5.74, 6) is -0.645. The lowest BCUT2D eigenvalue weighted by Gasteiger charge is -2.43. The molecule has 0 aromatic rings. The zero-order chi connectivity index (χ0) is 17.3. The molecule has 2 rings (SSSR count). The van der Waals surface area contributed by atoms with Gasteiger partial charge in [-0.3, -0.25) is 4.79 Å². The highest BCUT2D eigenvalue weighted by molar-refractivity contribution is 5.66. The summed E-state index contributed by atoms with van der Waals surface area (Å²) in [6.07, 6.45) is -12.1. The topological polar surface area (TPSA) is 155 Å². The van der Waals surface area contributed by atoms with Crippen LogP contribution in [-0.2, 0) is 23.7 Å². The Hall–Kier alpha value is -0.850. The van der Waals surface area contributed by atoms with Crippen molar-refractivity contribution in [1.82, 2.24) is 0 Å². The van der Waals surface area contributed by atoms with Crippen LogP contribution in [0.5, 0.6) is 0 Å². The van der Waals surface area contributed by atoms with Gasteiger partial charge in [-0.2, -0.15) is 0 Å². The van der Waals surface area contributed by atoms with Crippen molar-refractivity contribution in [3.8, 4) is 0 Å². The second-order valence-corrected chi connectivity index (χ2v) is 5.64. The van der Waals surface area contributed by atoms with Gasteiger partial charge in [0.1, 0.15) is 30.5 Å². The van der Waals surface area contributed by atoms with Crippen LogP contribution in [0.15, 0.2) is 0 Å². The smallest absolute Gasteiger partial charge is 0.303 e. The fourth-order valence-corrected chi connectivity index (χ4v) is 2.51. The molecule has 2 aliphatic heterocycles. The van der Waals surface area contributed by atoms with Crippen molar-refractivity contribution in [2.75, 3.05) is 6.61 Å². The summed E-state index contributed by atoms with van der Waals surface area (Å²) in [6.45, 7) is 2.39. The van der Waals surface area contributed by atoms with E-state index in [0.29, 0.717) is 0 Å². The SMILES string of the molecule is CC(=O)O[C@@H]1CO[C@@H](O)[C@H](O[C@@H]2O[C@@H](C)[C@H](O)[C@@H](O)[C@H]2O)[C@H]1O. The molecule has 0 aliphatic carbocycles. The molecule has 10 nitrogen and oxygen atoms in total. The number of rotatable bonds is 3. The molecule has 2 heterocycles. The van der Waals surface area contributed by atoms with Crippen LogP contribution in [0.1, 0.15) is 13.8 Å². The Morgan fingerprint density at radius 2 is 1.70 bits per heavy atom. The van der Waals surface area contributed by atoms with Gasteiger partial charge in [-0.05, 0) is 6.92 Å². The molecule has 0 aromatic heterocycles. The maximum Gasteiger partial charge on any atom is 0.303 e. The summed E-state index contributed by atoms with van der Waals surface area (Å²) in [7, 11) is 0. The van der Waals surface area contributed by atoms with Crippen molar-refractivity contribution in [2.45, 2.75) is 69.2 Å². The Morgan fingerprint density at radius 1 is 1.04 bits per heavy atom. The number of hydrogen-bond donors (Lipinski definition) is 5. The summed E-state index contributed by atoms with van der Waals surface area (Å²) in [5.41, 5.74) is 0. The molecule has 0 saturated carbocycles. The Morgan fingerprint density at radius 3 is 2.30 bits per heavy atom. The fraction of sp³-hybridized carbons (Fsp3) is 0.923. The van der Waals surface area contributed by atoms with Gasteiger partial charge in [0.15, 0.2) is 18.7 Å². The highest BCUT2D eigenvalue weighted by atomic mass is 16.7. The molecule has 0 bridgehead atoms. The molecule has 0 aromatic carbocycles. The largest absolute Gasteiger partial charge is 0.457 e. The van der Waals surface area contributed by atoms with Crippen LogP contribution < -0.4 is 0 Å². The zero-order valence-corrected chi connectivity index (χ0v) is 12.7. The predicted octanol–water partition coefficient (Wildman–Crippen LogP) is -3.16. The molecule has 10 heteroatoms. The van der Waals surface area contributed by atoms with Crippen LogP contribution in [0, 0.1) is 0 Å². The molecule has 5 N–H and O–H groups in total. The quantitative estimate of drug-likeness (QED) is 0.333. The number of carbonyl (C=O) groups excluding carboxylic acids is 1. The first-order valence-electron chi connectivity index (χ1n) is 7.22. The third-order valence-corrected chi connectivity index (χ3v) is 3.85. The predicted molar refractivity (Wildman–Crippen MR) is 70.7 cm³/mol. The molecule has 23 heavy (non-hydrogen) atoms. The van der Waals surface area contributed by atoms with E-state index in [0.717, 1.165) is 6.92 Å². The van der Waals surface area contributed by atoms with Crippen molar-refractivity contribution >= 4 is 5.97 Å². The highest BCUT2D eigenvalue weighted by Gasteiger charge is 2.48. The van der Waals surface area contributed by atoms with Crippen LogP contribution in [0.3, 0.4) is 0 Å². The second-order valence-electron chi connectivity index (χ2n) is 5.64. The average molecular weight is 338 g/mol. The van der Waals surface area contributed by atoms with Gasteiger partial charge in [0.25, 0.3) is 0 Å². The molecule has 0 spiro atoms. The third-order valence-electron chi connectivity index (χ3n) is 3.85. The van der Waals surface area contributed by atoms with Gasteiger partial charge in [-0.15, -0.1) is 0 Å².